The number of nitrogens with one attached hydrogen (secondary N) is 1. The normalized spacial score (nSPS) is 16.3. The number of hydrogen-bond donors (Lipinski definition) is 2. The molecule has 0 bridgehead atoms. The Morgan fingerprint density at radius 1 is 1.24 bits per heavy atom. The highest BCUT2D eigenvalue weighted by Crippen LogP contribution is 2.31. The third-order valence-corrected chi connectivity index (χ3v) is 3.31. The summed E-state index contributed by atoms with van der Waals surface area (Å²) in [6.07, 6.45) is -0.727. The second kappa shape index (κ2) is 5.54. The zero-order valence-corrected chi connectivity index (χ0v) is 11.8. The van der Waals surface area contributed by atoms with Crippen molar-refractivity contribution in [3.8, 4) is 11.5 Å². The van der Waals surface area contributed by atoms with Gasteiger partial charge in [0, 0.05) is 5.02 Å². The molecule has 0 aliphatic carbocycles. The van der Waals surface area contributed by atoms with Gasteiger partial charge in [0.05, 0.1) is 11.4 Å². The maximum absolute atomic E-state index is 12.2. The molecule has 0 aromatic heterocycles. The summed E-state index contributed by atoms with van der Waals surface area (Å²) in [5.41, 5.74) is 6.69. The van der Waals surface area contributed by atoms with Gasteiger partial charge in [-0.25, -0.2) is 0 Å². The SMILES string of the molecule is Nc1cc(Cl)ccc1NC(=O)C1COc2ccccc2O1. The van der Waals surface area contributed by atoms with Crippen molar-refractivity contribution in [2.75, 3.05) is 17.7 Å². The van der Waals surface area contributed by atoms with Crippen molar-refractivity contribution in [3.05, 3.63) is 47.5 Å². The molecule has 3 rings (SSSR count). The van der Waals surface area contributed by atoms with Crippen LogP contribution in [0.5, 0.6) is 11.5 Å². The number of carbonyl (C=O) groups is 1. The first-order valence-corrected chi connectivity index (χ1v) is 6.75. The van der Waals surface area contributed by atoms with Crippen molar-refractivity contribution < 1.29 is 14.3 Å². The molecule has 1 heterocycles. The van der Waals surface area contributed by atoms with Gasteiger partial charge >= 0.3 is 0 Å². The maximum Gasteiger partial charge on any atom is 0.269 e. The summed E-state index contributed by atoms with van der Waals surface area (Å²) in [5, 5.41) is 3.22. The molecule has 0 saturated carbocycles. The van der Waals surface area contributed by atoms with Crippen LogP contribution < -0.4 is 20.5 Å². The largest absolute Gasteiger partial charge is 0.485 e. The summed E-state index contributed by atoms with van der Waals surface area (Å²) in [5.74, 6) is 0.860. The minimum atomic E-state index is -0.727. The molecule has 2 aromatic rings. The van der Waals surface area contributed by atoms with Crippen LogP contribution in [-0.2, 0) is 4.79 Å². The molecule has 1 unspecified atom stereocenters. The van der Waals surface area contributed by atoms with E-state index in [1.165, 1.54) is 0 Å². The fourth-order valence-corrected chi connectivity index (χ4v) is 2.19. The second-order valence-corrected chi connectivity index (χ2v) is 5.02. The lowest BCUT2D eigenvalue weighted by molar-refractivity contribution is -0.125. The molecule has 1 aliphatic rings. The van der Waals surface area contributed by atoms with Gasteiger partial charge in [-0.1, -0.05) is 23.7 Å². The minimum Gasteiger partial charge on any atom is -0.485 e. The molecule has 6 heteroatoms. The topological polar surface area (TPSA) is 73.6 Å². The van der Waals surface area contributed by atoms with E-state index in [4.69, 9.17) is 26.8 Å². The van der Waals surface area contributed by atoms with Crippen LogP contribution in [0.2, 0.25) is 5.02 Å². The van der Waals surface area contributed by atoms with E-state index in [9.17, 15) is 4.79 Å². The van der Waals surface area contributed by atoms with Crippen LogP contribution in [0.1, 0.15) is 0 Å². The van der Waals surface area contributed by atoms with Gasteiger partial charge in [-0.05, 0) is 30.3 Å². The lowest BCUT2D eigenvalue weighted by atomic mass is 10.2. The average molecular weight is 305 g/mol. The highest BCUT2D eigenvalue weighted by atomic mass is 35.5. The fourth-order valence-electron chi connectivity index (χ4n) is 2.01. The van der Waals surface area contributed by atoms with Gasteiger partial charge in [0.15, 0.2) is 11.5 Å². The number of carbonyl (C=O) groups excluding carboxylic acids is 1. The number of fused-ring (bicyclic) bond motifs is 1. The van der Waals surface area contributed by atoms with Crippen LogP contribution in [0.3, 0.4) is 0 Å². The third-order valence-electron chi connectivity index (χ3n) is 3.07. The van der Waals surface area contributed by atoms with E-state index in [2.05, 4.69) is 5.32 Å². The lowest BCUT2D eigenvalue weighted by Crippen LogP contribution is -2.40. The Balaban J connectivity index is 1.72. The molecule has 3 N–H and O–H groups in total. The van der Waals surface area contributed by atoms with Crippen LogP contribution in [0.4, 0.5) is 11.4 Å². The van der Waals surface area contributed by atoms with Crippen molar-refractivity contribution in [2.45, 2.75) is 6.10 Å². The summed E-state index contributed by atoms with van der Waals surface area (Å²) < 4.78 is 11.1. The van der Waals surface area contributed by atoms with E-state index in [0.29, 0.717) is 27.9 Å². The number of amides is 1. The van der Waals surface area contributed by atoms with E-state index >= 15 is 0 Å². The average Bonchev–Trinajstić information content (AvgIpc) is 2.49. The van der Waals surface area contributed by atoms with Crippen molar-refractivity contribution in [2.24, 2.45) is 0 Å². The molecular formula is C15H13ClN2O3. The number of halogens is 1. The lowest BCUT2D eigenvalue weighted by Gasteiger charge is -2.25. The number of ether oxygens (including phenoxy) is 2. The van der Waals surface area contributed by atoms with Crippen molar-refractivity contribution in [1.29, 1.82) is 0 Å². The number of benzene rings is 2. The Morgan fingerprint density at radius 3 is 2.76 bits per heavy atom. The number of nitrogen functional groups attached to an aromatic ring is 1. The molecule has 108 valence electrons. The van der Waals surface area contributed by atoms with Gasteiger partial charge in [-0.3, -0.25) is 4.79 Å². The Labute approximate surface area is 126 Å². The summed E-state index contributed by atoms with van der Waals surface area (Å²) in [7, 11) is 0. The van der Waals surface area contributed by atoms with Crippen LogP contribution >= 0.6 is 11.6 Å². The summed E-state index contributed by atoms with van der Waals surface area (Å²) in [6.45, 7) is 0.149. The number of para-hydroxylation sites is 2. The number of hydrogen-bond acceptors (Lipinski definition) is 4. The molecule has 0 saturated heterocycles. The van der Waals surface area contributed by atoms with E-state index < -0.39 is 6.10 Å². The smallest absolute Gasteiger partial charge is 0.269 e. The van der Waals surface area contributed by atoms with Crippen LogP contribution in [0, 0.1) is 0 Å². The monoisotopic (exact) mass is 304 g/mol. The highest BCUT2D eigenvalue weighted by molar-refractivity contribution is 6.31. The molecule has 1 amide bonds. The molecule has 0 radical (unpaired) electrons. The molecule has 2 aromatic carbocycles. The fraction of sp³-hybridized carbons (Fsp3) is 0.133. The maximum atomic E-state index is 12.2. The van der Waals surface area contributed by atoms with E-state index in [1.54, 1.807) is 30.3 Å². The first-order valence-electron chi connectivity index (χ1n) is 6.38. The van der Waals surface area contributed by atoms with Gasteiger partial charge in [-0.2, -0.15) is 0 Å². The Hall–Kier alpha value is -2.40. The predicted molar refractivity (Wildman–Crippen MR) is 80.8 cm³/mol. The molecule has 1 atom stereocenters. The van der Waals surface area contributed by atoms with Crippen molar-refractivity contribution in [1.82, 2.24) is 0 Å². The van der Waals surface area contributed by atoms with Gasteiger partial charge in [-0.15, -0.1) is 0 Å². The van der Waals surface area contributed by atoms with Crippen LogP contribution in [-0.4, -0.2) is 18.6 Å². The number of nitrogens with two attached hydrogens (primary N) is 1. The first kappa shape index (κ1) is 13.6. The Kier molecular flexibility index (Phi) is 3.58. The van der Waals surface area contributed by atoms with Crippen molar-refractivity contribution in [3.63, 3.8) is 0 Å². The molecule has 0 fully saturated rings. The highest BCUT2D eigenvalue weighted by Gasteiger charge is 2.27. The van der Waals surface area contributed by atoms with Gasteiger partial charge in [0.25, 0.3) is 5.91 Å². The number of anilines is 2. The minimum absolute atomic E-state index is 0.149. The molecule has 0 spiro atoms. The van der Waals surface area contributed by atoms with Crippen LogP contribution in [0.15, 0.2) is 42.5 Å². The van der Waals surface area contributed by atoms with Crippen molar-refractivity contribution >= 4 is 28.9 Å². The summed E-state index contributed by atoms with van der Waals surface area (Å²) in [6, 6.07) is 12.1. The Bertz CT molecular complexity index is 690. The zero-order chi connectivity index (χ0) is 14.8. The Morgan fingerprint density at radius 2 is 2.00 bits per heavy atom. The summed E-state index contributed by atoms with van der Waals surface area (Å²) >= 11 is 5.82. The number of rotatable bonds is 2. The van der Waals surface area contributed by atoms with E-state index in [1.807, 2.05) is 12.1 Å². The quantitative estimate of drug-likeness (QED) is 0.837. The predicted octanol–water partition coefficient (Wildman–Crippen LogP) is 2.70. The molecule has 21 heavy (non-hydrogen) atoms. The van der Waals surface area contributed by atoms with Gasteiger partial charge in [0.2, 0.25) is 6.10 Å². The van der Waals surface area contributed by atoms with E-state index in [0.717, 1.165) is 0 Å². The molecular weight excluding hydrogens is 292 g/mol. The standard InChI is InChI=1S/C15H13ClN2O3/c16-9-5-6-11(10(17)7-9)18-15(19)14-8-20-12-3-1-2-4-13(12)21-14/h1-7,14H,8,17H2,(H,18,19). The van der Waals surface area contributed by atoms with Crippen LogP contribution in [0.25, 0.3) is 0 Å². The second-order valence-electron chi connectivity index (χ2n) is 4.59. The first-order chi connectivity index (χ1) is 10.1. The zero-order valence-electron chi connectivity index (χ0n) is 11.0. The molecule has 5 nitrogen and oxygen atoms in total. The molecule has 1 aliphatic heterocycles. The van der Waals surface area contributed by atoms with Gasteiger partial charge in [0.1, 0.15) is 6.61 Å². The summed E-state index contributed by atoms with van der Waals surface area (Å²) in [4.78, 5) is 12.2. The third kappa shape index (κ3) is 2.87. The van der Waals surface area contributed by atoms with Gasteiger partial charge < -0.3 is 20.5 Å². The van der Waals surface area contributed by atoms with E-state index in [-0.39, 0.29) is 12.5 Å².